The van der Waals surface area contributed by atoms with E-state index in [1.165, 1.54) is 0 Å². The quantitative estimate of drug-likeness (QED) is 0.324. The fourth-order valence-electron chi connectivity index (χ4n) is 3.77. The number of benzene rings is 3. The van der Waals surface area contributed by atoms with Crippen LogP contribution in [0.1, 0.15) is 17.5 Å². The average Bonchev–Trinajstić information content (AvgIpc) is 3.13. The first-order chi connectivity index (χ1) is 15.4. The van der Waals surface area contributed by atoms with E-state index in [0.717, 1.165) is 21.9 Å². The fraction of sp³-hybridized carbons (Fsp3) is 0.217. The van der Waals surface area contributed by atoms with Crippen LogP contribution in [-0.4, -0.2) is 45.1 Å². The van der Waals surface area contributed by atoms with E-state index in [9.17, 15) is 13.2 Å². The Morgan fingerprint density at radius 1 is 1.12 bits per heavy atom. The number of ether oxygens (including phenoxy) is 1. The highest BCUT2D eigenvalue weighted by Crippen LogP contribution is 2.25. The average molecular weight is 453 g/mol. The van der Waals surface area contributed by atoms with Crippen LogP contribution in [0.3, 0.4) is 0 Å². The minimum absolute atomic E-state index is 0.113. The first-order valence-electron chi connectivity index (χ1n) is 10.1. The summed E-state index contributed by atoms with van der Waals surface area (Å²) in [6.07, 6.45) is 1.95. The van der Waals surface area contributed by atoms with Crippen molar-refractivity contribution in [1.29, 1.82) is 0 Å². The standard InChI is InChI=1S/C23H24N4O4S/c1-31-20-8-6-18-7-9-21(13-19(18)12-20)32(29,30)26-22-10-11-27(23(22)28)15-17-4-2-16(3-5-17)14-25-24/h2-9,12-14,22,26H,10-11,15,24H2,1H3/t22-/m0/s1. The third-order valence-electron chi connectivity index (χ3n) is 5.50. The molecule has 3 aromatic rings. The van der Waals surface area contributed by atoms with E-state index >= 15 is 0 Å². The highest BCUT2D eigenvalue weighted by molar-refractivity contribution is 7.89. The Labute approximate surface area is 186 Å². The second-order valence-corrected chi connectivity index (χ2v) is 9.33. The molecule has 1 aliphatic heterocycles. The molecule has 1 saturated heterocycles. The molecule has 1 fully saturated rings. The Morgan fingerprint density at radius 2 is 1.88 bits per heavy atom. The molecule has 0 spiro atoms. The zero-order valence-corrected chi connectivity index (χ0v) is 18.4. The normalized spacial score (nSPS) is 16.8. The Balaban J connectivity index is 1.46. The molecule has 0 aliphatic carbocycles. The first kappa shape index (κ1) is 21.8. The topological polar surface area (TPSA) is 114 Å². The molecule has 0 unspecified atom stereocenters. The van der Waals surface area contributed by atoms with E-state index in [4.69, 9.17) is 10.6 Å². The third kappa shape index (κ3) is 4.58. The van der Waals surface area contributed by atoms with Crippen LogP contribution in [0.15, 0.2) is 70.7 Å². The number of carbonyl (C=O) groups excluding carboxylic acids is 1. The SMILES string of the molecule is COc1ccc2ccc(S(=O)(=O)N[C@H]3CCN(Cc4ccc(C=NN)cc4)C3=O)cc2c1. The summed E-state index contributed by atoms with van der Waals surface area (Å²) in [7, 11) is -2.30. The maximum absolute atomic E-state index is 13.0. The molecule has 1 amide bonds. The second kappa shape index (κ2) is 8.97. The van der Waals surface area contributed by atoms with Gasteiger partial charge in [0.1, 0.15) is 11.8 Å². The lowest BCUT2D eigenvalue weighted by atomic mass is 10.1. The monoisotopic (exact) mass is 452 g/mol. The number of methoxy groups -OCH3 is 1. The number of nitrogens with zero attached hydrogens (tertiary/aromatic N) is 2. The van der Waals surface area contributed by atoms with Crippen molar-refractivity contribution in [1.82, 2.24) is 9.62 Å². The van der Waals surface area contributed by atoms with Gasteiger partial charge in [-0.2, -0.15) is 9.82 Å². The molecule has 0 radical (unpaired) electrons. The highest BCUT2D eigenvalue weighted by atomic mass is 32.2. The van der Waals surface area contributed by atoms with Crippen molar-refractivity contribution in [3.8, 4) is 5.75 Å². The molecular weight excluding hydrogens is 428 g/mol. The zero-order chi connectivity index (χ0) is 22.7. The maximum atomic E-state index is 13.0. The van der Waals surface area contributed by atoms with E-state index < -0.39 is 16.1 Å². The summed E-state index contributed by atoms with van der Waals surface area (Å²) in [5, 5.41) is 5.13. The van der Waals surface area contributed by atoms with Crippen LogP contribution >= 0.6 is 0 Å². The molecule has 0 saturated carbocycles. The Hall–Kier alpha value is -3.43. The van der Waals surface area contributed by atoms with Gasteiger partial charge < -0.3 is 15.5 Å². The van der Waals surface area contributed by atoms with Gasteiger partial charge >= 0.3 is 0 Å². The van der Waals surface area contributed by atoms with Crippen molar-refractivity contribution in [3.63, 3.8) is 0 Å². The van der Waals surface area contributed by atoms with E-state index in [1.54, 1.807) is 42.5 Å². The minimum atomic E-state index is -3.86. The van der Waals surface area contributed by atoms with Gasteiger partial charge in [-0.25, -0.2) is 8.42 Å². The van der Waals surface area contributed by atoms with Gasteiger partial charge in [0.05, 0.1) is 18.2 Å². The second-order valence-electron chi connectivity index (χ2n) is 7.62. The Bertz CT molecular complexity index is 1270. The van der Waals surface area contributed by atoms with Gasteiger partial charge in [0, 0.05) is 13.1 Å². The van der Waals surface area contributed by atoms with Gasteiger partial charge in [0.15, 0.2) is 0 Å². The summed E-state index contributed by atoms with van der Waals surface area (Å²) in [5.41, 5.74) is 1.81. The first-order valence-corrected chi connectivity index (χ1v) is 11.6. The number of likely N-dealkylation sites (tertiary alicyclic amines) is 1. The van der Waals surface area contributed by atoms with Gasteiger partial charge in [-0.1, -0.05) is 36.4 Å². The molecular formula is C23H24N4O4S. The summed E-state index contributed by atoms with van der Waals surface area (Å²) >= 11 is 0. The molecule has 4 rings (SSSR count). The number of hydrogen-bond donors (Lipinski definition) is 2. The van der Waals surface area contributed by atoms with E-state index in [0.29, 0.717) is 25.3 Å². The number of carbonyl (C=O) groups is 1. The van der Waals surface area contributed by atoms with Gasteiger partial charge in [-0.15, -0.1) is 0 Å². The lowest BCUT2D eigenvalue weighted by Crippen LogP contribution is -2.41. The number of nitrogens with two attached hydrogens (primary N) is 1. The lowest BCUT2D eigenvalue weighted by molar-refractivity contribution is -0.129. The summed E-state index contributed by atoms with van der Waals surface area (Å²) in [5.74, 6) is 5.56. The number of sulfonamides is 1. The van der Waals surface area contributed by atoms with Crippen LogP contribution in [0, 0.1) is 0 Å². The Morgan fingerprint density at radius 3 is 2.59 bits per heavy atom. The van der Waals surface area contributed by atoms with Gasteiger partial charge in [0.25, 0.3) is 0 Å². The molecule has 1 atom stereocenters. The molecule has 1 heterocycles. The number of rotatable bonds is 7. The predicted molar refractivity (Wildman–Crippen MR) is 123 cm³/mol. The van der Waals surface area contributed by atoms with Crippen LogP contribution in [0.2, 0.25) is 0 Å². The number of amides is 1. The van der Waals surface area contributed by atoms with Gasteiger partial charge in [0.2, 0.25) is 15.9 Å². The number of hydrogen-bond acceptors (Lipinski definition) is 6. The van der Waals surface area contributed by atoms with Gasteiger partial charge in [-0.3, -0.25) is 4.79 Å². The largest absolute Gasteiger partial charge is 0.497 e. The maximum Gasteiger partial charge on any atom is 0.241 e. The molecule has 3 N–H and O–H groups in total. The molecule has 0 bridgehead atoms. The molecule has 8 nitrogen and oxygen atoms in total. The summed E-state index contributed by atoms with van der Waals surface area (Å²) < 4.78 is 33.7. The van der Waals surface area contributed by atoms with E-state index in [-0.39, 0.29) is 10.8 Å². The van der Waals surface area contributed by atoms with Crippen LogP contribution in [-0.2, 0) is 21.4 Å². The summed E-state index contributed by atoms with van der Waals surface area (Å²) in [6, 6.07) is 17.1. The molecule has 9 heteroatoms. The minimum Gasteiger partial charge on any atom is -0.497 e. The van der Waals surface area contributed by atoms with Crippen molar-refractivity contribution >= 4 is 32.9 Å². The molecule has 32 heavy (non-hydrogen) atoms. The highest BCUT2D eigenvalue weighted by Gasteiger charge is 2.34. The lowest BCUT2D eigenvalue weighted by Gasteiger charge is -2.17. The van der Waals surface area contributed by atoms with Crippen molar-refractivity contribution in [2.45, 2.75) is 23.9 Å². The van der Waals surface area contributed by atoms with Crippen LogP contribution in [0.5, 0.6) is 5.75 Å². The van der Waals surface area contributed by atoms with E-state index in [2.05, 4.69) is 9.82 Å². The molecule has 3 aromatic carbocycles. The van der Waals surface area contributed by atoms with Crippen molar-refractivity contribution in [2.75, 3.05) is 13.7 Å². The van der Waals surface area contributed by atoms with Crippen molar-refractivity contribution < 1.29 is 17.9 Å². The number of nitrogens with one attached hydrogen (secondary N) is 1. The summed E-state index contributed by atoms with van der Waals surface area (Å²) in [6.45, 7) is 0.889. The van der Waals surface area contributed by atoms with E-state index in [1.807, 2.05) is 36.4 Å². The van der Waals surface area contributed by atoms with Crippen LogP contribution in [0.25, 0.3) is 10.8 Å². The summed E-state index contributed by atoms with van der Waals surface area (Å²) in [4.78, 5) is 14.6. The third-order valence-corrected chi connectivity index (χ3v) is 6.97. The van der Waals surface area contributed by atoms with Crippen molar-refractivity contribution in [3.05, 3.63) is 71.8 Å². The van der Waals surface area contributed by atoms with Crippen LogP contribution in [0.4, 0.5) is 0 Å². The molecule has 1 aliphatic rings. The molecule has 0 aromatic heterocycles. The number of hydrazone groups is 1. The van der Waals surface area contributed by atoms with Crippen molar-refractivity contribution in [2.24, 2.45) is 10.9 Å². The predicted octanol–water partition coefficient (Wildman–Crippen LogP) is 2.22. The fourth-order valence-corrected chi connectivity index (χ4v) is 5.03. The molecule has 166 valence electrons. The van der Waals surface area contributed by atoms with Crippen LogP contribution < -0.4 is 15.3 Å². The smallest absolute Gasteiger partial charge is 0.241 e. The number of fused-ring (bicyclic) bond motifs is 1. The zero-order valence-electron chi connectivity index (χ0n) is 17.6. The Kier molecular flexibility index (Phi) is 6.11. The van der Waals surface area contributed by atoms with Gasteiger partial charge in [-0.05, 0) is 52.6 Å².